The molecule has 0 radical (unpaired) electrons. The fraction of sp³-hybridized carbons (Fsp3) is 0.421. The van der Waals surface area contributed by atoms with Crippen LogP contribution in [0.1, 0.15) is 33.4 Å². The van der Waals surface area contributed by atoms with Gasteiger partial charge in [-0.1, -0.05) is 0 Å². The Balaban J connectivity index is 1.77. The molecular weight excluding hydrogens is 334 g/mol. The van der Waals surface area contributed by atoms with Gasteiger partial charge in [-0.25, -0.2) is 0 Å². The number of aromatic nitrogens is 1. The lowest BCUT2D eigenvalue weighted by Gasteiger charge is -2.17. The average Bonchev–Trinajstić information content (AvgIpc) is 3.18. The van der Waals surface area contributed by atoms with Gasteiger partial charge in [-0.2, -0.15) is 0 Å². The molecule has 7 heteroatoms. The topological polar surface area (TPSA) is 98.7 Å². The summed E-state index contributed by atoms with van der Waals surface area (Å²) in [5, 5.41) is 0. The van der Waals surface area contributed by atoms with Gasteiger partial charge in [0.1, 0.15) is 18.1 Å². The number of furan rings is 1. The van der Waals surface area contributed by atoms with E-state index in [0.717, 1.165) is 11.3 Å². The number of hydrogen-bond donors (Lipinski definition) is 1. The lowest BCUT2D eigenvalue weighted by atomic mass is 9.90. The molecule has 0 aliphatic carbocycles. The van der Waals surface area contributed by atoms with Crippen LogP contribution in [0.5, 0.6) is 0 Å². The summed E-state index contributed by atoms with van der Waals surface area (Å²) in [4.78, 5) is 29.7. The van der Waals surface area contributed by atoms with Gasteiger partial charge in [-0.05, 0) is 37.6 Å². The number of likely N-dealkylation sites (tertiary alicyclic amines) is 1. The molecule has 1 saturated heterocycles. The van der Waals surface area contributed by atoms with Crippen molar-refractivity contribution >= 4 is 11.8 Å². The molecule has 2 N–H and O–H groups in total. The van der Waals surface area contributed by atoms with Gasteiger partial charge < -0.3 is 19.8 Å². The maximum Gasteiger partial charge on any atom is 0.257 e. The number of hydrogen-bond acceptors (Lipinski definition) is 5. The van der Waals surface area contributed by atoms with Crippen molar-refractivity contribution in [1.29, 1.82) is 0 Å². The molecule has 3 heterocycles. The van der Waals surface area contributed by atoms with Crippen LogP contribution in [0.2, 0.25) is 0 Å². The van der Waals surface area contributed by atoms with Crippen LogP contribution in [0.15, 0.2) is 35.0 Å². The van der Waals surface area contributed by atoms with Crippen LogP contribution in [-0.4, -0.2) is 48.0 Å². The lowest BCUT2D eigenvalue weighted by Crippen LogP contribution is -2.29. The van der Waals surface area contributed by atoms with Crippen molar-refractivity contribution in [2.24, 2.45) is 11.7 Å². The number of ether oxygens (including phenoxy) is 1. The van der Waals surface area contributed by atoms with Crippen LogP contribution in [-0.2, 0) is 9.53 Å². The number of amides is 2. The second-order valence-corrected chi connectivity index (χ2v) is 6.67. The standard InChI is InChI=1S/C19H23N3O4/c1-12-7-16(13(2)26-12)19(24)22-8-15(10-25-11-18(20)23)17(9-22)14-3-5-21-6-4-14/h3-7,15,17H,8-11H2,1-2H3,(H2,20,23)/t15-,17-/m0/s1. The van der Waals surface area contributed by atoms with Crippen LogP contribution >= 0.6 is 0 Å². The van der Waals surface area contributed by atoms with Gasteiger partial charge in [0.25, 0.3) is 5.91 Å². The number of primary amides is 1. The highest BCUT2D eigenvalue weighted by Crippen LogP contribution is 2.34. The van der Waals surface area contributed by atoms with Gasteiger partial charge in [0.2, 0.25) is 5.91 Å². The Hall–Kier alpha value is -2.67. The molecule has 2 amide bonds. The van der Waals surface area contributed by atoms with E-state index in [1.54, 1.807) is 25.4 Å². The summed E-state index contributed by atoms with van der Waals surface area (Å²) in [6, 6.07) is 5.68. The summed E-state index contributed by atoms with van der Waals surface area (Å²) in [6.07, 6.45) is 3.48. The predicted molar refractivity (Wildman–Crippen MR) is 94.6 cm³/mol. The first-order valence-corrected chi connectivity index (χ1v) is 8.58. The predicted octanol–water partition coefficient (Wildman–Crippen LogP) is 1.65. The summed E-state index contributed by atoms with van der Waals surface area (Å²) < 4.78 is 10.9. The molecule has 3 rings (SSSR count). The second kappa shape index (κ2) is 7.70. The van der Waals surface area contributed by atoms with E-state index in [4.69, 9.17) is 14.9 Å². The van der Waals surface area contributed by atoms with Crippen molar-refractivity contribution in [1.82, 2.24) is 9.88 Å². The van der Waals surface area contributed by atoms with Crippen molar-refractivity contribution in [3.63, 3.8) is 0 Å². The summed E-state index contributed by atoms with van der Waals surface area (Å²) in [5.74, 6) is 0.993. The zero-order chi connectivity index (χ0) is 18.7. The highest BCUT2D eigenvalue weighted by atomic mass is 16.5. The maximum absolute atomic E-state index is 12.9. The quantitative estimate of drug-likeness (QED) is 0.847. The van der Waals surface area contributed by atoms with E-state index >= 15 is 0 Å². The van der Waals surface area contributed by atoms with Gasteiger partial charge in [0.15, 0.2) is 0 Å². The first-order chi connectivity index (χ1) is 12.5. The second-order valence-electron chi connectivity index (χ2n) is 6.67. The fourth-order valence-corrected chi connectivity index (χ4v) is 3.52. The van der Waals surface area contributed by atoms with Crippen LogP contribution < -0.4 is 5.73 Å². The molecule has 2 atom stereocenters. The summed E-state index contributed by atoms with van der Waals surface area (Å²) >= 11 is 0. The molecule has 1 fully saturated rings. The normalized spacial score (nSPS) is 19.7. The zero-order valence-corrected chi connectivity index (χ0v) is 15.0. The highest BCUT2D eigenvalue weighted by molar-refractivity contribution is 5.95. The van der Waals surface area contributed by atoms with Crippen LogP contribution in [0.25, 0.3) is 0 Å². The molecule has 0 bridgehead atoms. The molecule has 138 valence electrons. The van der Waals surface area contributed by atoms with Gasteiger partial charge >= 0.3 is 0 Å². The first-order valence-electron chi connectivity index (χ1n) is 8.58. The number of carbonyl (C=O) groups excluding carboxylic acids is 2. The van der Waals surface area contributed by atoms with Gasteiger partial charge in [-0.3, -0.25) is 14.6 Å². The zero-order valence-electron chi connectivity index (χ0n) is 15.0. The highest BCUT2D eigenvalue weighted by Gasteiger charge is 2.37. The average molecular weight is 357 g/mol. The molecule has 0 unspecified atom stereocenters. The van der Waals surface area contributed by atoms with E-state index < -0.39 is 5.91 Å². The van der Waals surface area contributed by atoms with Crippen molar-refractivity contribution < 1.29 is 18.7 Å². The third-order valence-electron chi connectivity index (χ3n) is 4.71. The van der Waals surface area contributed by atoms with E-state index in [-0.39, 0.29) is 24.3 Å². The number of nitrogens with zero attached hydrogens (tertiary/aromatic N) is 2. The van der Waals surface area contributed by atoms with Gasteiger partial charge in [0, 0.05) is 37.3 Å². The third kappa shape index (κ3) is 3.94. The van der Waals surface area contributed by atoms with Crippen molar-refractivity contribution in [2.45, 2.75) is 19.8 Å². The molecule has 2 aromatic rings. The molecule has 26 heavy (non-hydrogen) atoms. The first kappa shape index (κ1) is 18.1. The van der Waals surface area contributed by atoms with Gasteiger partial charge in [0.05, 0.1) is 12.2 Å². The summed E-state index contributed by atoms with van der Waals surface area (Å²) in [7, 11) is 0. The summed E-state index contributed by atoms with van der Waals surface area (Å²) in [6.45, 7) is 5.00. The molecule has 2 aromatic heterocycles. The molecule has 7 nitrogen and oxygen atoms in total. The smallest absolute Gasteiger partial charge is 0.257 e. The molecule has 1 aliphatic rings. The minimum Gasteiger partial charge on any atom is -0.466 e. The number of rotatable bonds is 6. The fourth-order valence-electron chi connectivity index (χ4n) is 3.52. The minimum absolute atomic E-state index is 0.0455. The molecular formula is C19H23N3O4. The van der Waals surface area contributed by atoms with Crippen molar-refractivity contribution in [3.05, 3.63) is 53.2 Å². The Labute approximate surface area is 152 Å². The summed E-state index contributed by atoms with van der Waals surface area (Å²) in [5.41, 5.74) is 6.84. The van der Waals surface area contributed by atoms with Crippen LogP contribution in [0.4, 0.5) is 0 Å². The number of nitrogens with two attached hydrogens (primary N) is 1. The Morgan fingerprint density at radius 3 is 2.65 bits per heavy atom. The Morgan fingerprint density at radius 1 is 1.31 bits per heavy atom. The molecule has 0 saturated carbocycles. The van der Waals surface area contributed by atoms with E-state index in [2.05, 4.69) is 4.98 Å². The number of pyridine rings is 1. The van der Waals surface area contributed by atoms with E-state index in [0.29, 0.717) is 31.0 Å². The molecule has 0 aromatic carbocycles. The SMILES string of the molecule is Cc1cc(C(=O)N2C[C@@H](COCC(N)=O)[C@H](c3ccncc3)C2)c(C)o1. The number of carbonyl (C=O) groups is 2. The van der Waals surface area contributed by atoms with Crippen molar-refractivity contribution in [2.75, 3.05) is 26.3 Å². The molecule has 0 spiro atoms. The van der Waals surface area contributed by atoms with Crippen molar-refractivity contribution in [3.8, 4) is 0 Å². The molecule has 1 aliphatic heterocycles. The van der Waals surface area contributed by atoms with Crippen LogP contribution in [0.3, 0.4) is 0 Å². The van der Waals surface area contributed by atoms with Gasteiger partial charge in [-0.15, -0.1) is 0 Å². The Morgan fingerprint density at radius 2 is 2.04 bits per heavy atom. The lowest BCUT2D eigenvalue weighted by molar-refractivity contribution is -0.122. The Kier molecular flexibility index (Phi) is 5.37. The maximum atomic E-state index is 12.9. The largest absolute Gasteiger partial charge is 0.466 e. The van der Waals surface area contributed by atoms with E-state index in [9.17, 15) is 9.59 Å². The monoisotopic (exact) mass is 357 g/mol. The van der Waals surface area contributed by atoms with Crippen LogP contribution in [0, 0.1) is 19.8 Å². The Bertz CT molecular complexity index is 787. The number of aryl methyl sites for hydroxylation is 2. The van der Waals surface area contributed by atoms with E-state index in [1.165, 1.54) is 0 Å². The van der Waals surface area contributed by atoms with E-state index in [1.807, 2.05) is 24.0 Å². The third-order valence-corrected chi connectivity index (χ3v) is 4.71. The minimum atomic E-state index is -0.499.